The Morgan fingerprint density at radius 2 is 2.19 bits per heavy atom. The van der Waals surface area contributed by atoms with E-state index in [1.165, 1.54) is 0 Å². The van der Waals surface area contributed by atoms with Crippen molar-refractivity contribution in [3.05, 3.63) is 23.9 Å². The number of benzene rings is 1. The molecule has 1 aliphatic rings. The molecule has 5 N–H and O–H groups in total. The highest BCUT2D eigenvalue weighted by atomic mass is 16.2. The molecule has 0 saturated carbocycles. The fraction of sp³-hybridized carbons (Fsp3) is 0.231. The number of rotatable bonds is 2. The number of hydrogen-bond donors (Lipinski definition) is 4. The topological polar surface area (TPSA) is 130 Å². The van der Waals surface area contributed by atoms with Crippen molar-refractivity contribution >= 4 is 34.3 Å². The van der Waals surface area contributed by atoms with Crippen LogP contribution in [0.5, 0.6) is 0 Å². The number of nitrogens with one attached hydrogen (secondary N) is 3. The van der Waals surface area contributed by atoms with Crippen molar-refractivity contribution in [2.24, 2.45) is 0 Å². The lowest BCUT2D eigenvalue weighted by Gasteiger charge is -2.21. The molecule has 8 heteroatoms. The van der Waals surface area contributed by atoms with E-state index in [1.54, 1.807) is 18.2 Å². The fourth-order valence-electron chi connectivity index (χ4n) is 2.26. The number of nitrogen functional groups attached to an aromatic ring is 1. The number of aromatic amines is 1. The molecule has 108 valence electrons. The van der Waals surface area contributed by atoms with E-state index in [9.17, 15) is 14.4 Å². The third-order valence-corrected chi connectivity index (χ3v) is 3.35. The number of H-pyrrole nitrogens is 1. The second-order valence-corrected chi connectivity index (χ2v) is 4.85. The Hall–Kier alpha value is -2.90. The second-order valence-electron chi connectivity index (χ2n) is 4.85. The summed E-state index contributed by atoms with van der Waals surface area (Å²) in [5.74, 6) is -1.32. The van der Waals surface area contributed by atoms with E-state index in [4.69, 9.17) is 5.73 Å². The van der Waals surface area contributed by atoms with Crippen LogP contribution in [0.4, 0.5) is 5.69 Å². The molecule has 21 heavy (non-hydrogen) atoms. The van der Waals surface area contributed by atoms with E-state index in [1.807, 2.05) is 0 Å². The number of nitrogens with zero attached hydrogens (tertiary/aromatic N) is 1. The molecule has 1 aromatic carbocycles. The molecule has 1 fully saturated rings. The molecule has 8 nitrogen and oxygen atoms in total. The minimum Gasteiger partial charge on any atom is -0.399 e. The maximum atomic E-state index is 12.2. The maximum absolute atomic E-state index is 12.2. The molecular weight excluding hydrogens is 274 g/mol. The molecule has 2 heterocycles. The summed E-state index contributed by atoms with van der Waals surface area (Å²) in [6.45, 7) is 0. The van der Waals surface area contributed by atoms with Crippen LogP contribution in [0.3, 0.4) is 0 Å². The van der Waals surface area contributed by atoms with Crippen LogP contribution in [0.1, 0.15) is 23.3 Å². The van der Waals surface area contributed by atoms with Gasteiger partial charge in [0.25, 0.3) is 5.91 Å². The van der Waals surface area contributed by atoms with Gasteiger partial charge in [0.05, 0.1) is 5.52 Å². The summed E-state index contributed by atoms with van der Waals surface area (Å²) in [6, 6.07) is 4.32. The number of carbonyl (C=O) groups excluding carboxylic acids is 3. The van der Waals surface area contributed by atoms with Crippen molar-refractivity contribution in [3.8, 4) is 0 Å². The summed E-state index contributed by atoms with van der Waals surface area (Å²) in [5.41, 5.74) is 7.06. The predicted octanol–water partition coefficient (Wildman–Crippen LogP) is -0.320. The molecular formula is C13H13N5O3. The van der Waals surface area contributed by atoms with Gasteiger partial charge in [0.2, 0.25) is 11.8 Å². The SMILES string of the molecule is Nc1ccc2[nH]nc(C(=O)NC3CCC(=O)NC3=O)c2c1. The minimum atomic E-state index is -0.733. The Bertz CT molecular complexity index is 751. The van der Waals surface area contributed by atoms with E-state index in [-0.39, 0.29) is 24.4 Å². The summed E-state index contributed by atoms with van der Waals surface area (Å²) in [6.07, 6.45) is 0.478. The van der Waals surface area contributed by atoms with Crippen LogP contribution in [0.2, 0.25) is 0 Å². The van der Waals surface area contributed by atoms with Crippen molar-refractivity contribution in [1.82, 2.24) is 20.8 Å². The first-order valence-corrected chi connectivity index (χ1v) is 6.43. The summed E-state index contributed by atoms with van der Waals surface area (Å²) in [7, 11) is 0. The van der Waals surface area contributed by atoms with Crippen LogP contribution in [0, 0.1) is 0 Å². The number of nitrogens with two attached hydrogens (primary N) is 1. The lowest BCUT2D eigenvalue weighted by molar-refractivity contribution is -0.134. The molecule has 1 unspecified atom stereocenters. The molecule has 0 radical (unpaired) electrons. The maximum Gasteiger partial charge on any atom is 0.273 e. The second kappa shape index (κ2) is 4.89. The normalized spacial score (nSPS) is 18.6. The number of anilines is 1. The van der Waals surface area contributed by atoms with Gasteiger partial charge < -0.3 is 11.1 Å². The molecule has 1 atom stereocenters. The van der Waals surface area contributed by atoms with Gasteiger partial charge in [-0.2, -0.15) is 5.10 Å². The fourth-order valence-corrected chi connectivity index (χ4v) is 2.26. The van der Waals surface area contributed by atoms with Gasteiger partial charge in [0, 0.05) is 17.5 Å². The molecule has 3 amide bonds. The van der Waals surface area contributed by atoms with Crippen LogP contribution >= 0.6 is 0 Å². The lowest BCUT2D eigenvalue weighted by Crippen LogP contribution is -2.52. The molecule has 1 saturated heterocycles. The van der Waals surface area contributed by atoms with Gasteiger partial charge in [0.15, 0.2) is 5.69 Å². The van der Waals surface area contributed by atoms with Crippen LogP contribution in [-0.4, -0.2) is 34.0 Å². The zero-order valence-electron chi connectivity index (χ0n) is 11.0. The zero-order valence-corrected chi connectivity index (χ0v) is 11.0. The summed E-state index contributed by atoms with van der Waals surface area (Å²) < 4.78 is 0. The molecule has 2 aromatic rings. The van der Waals surface area contributed by atoms with Crippen molar-refractivity contribution in [2.75, 3.05) is 5.73 Å². The number of amides is 3. The third kappa shape index (κ3) is 2.42. The van der Waals surface area contributed by atoms with Crippen molar-refractivity contribution in [3.63, 3.8) is 0 Å². The van der Waals surface area contributed by atoms with E-state index >= 15 is 0 Å². The van der Waals surface area contributed by atoms with Gasteiger partial charge in [-0.3, -0.25) is 24.8 Å². The zero-order chi connectivity index (χ0) is 15.0. The van der Waals surface area contributed by atoms with Crippen molar-refractivity contribution < 1.29 is 14.4 Å². The van der Waals surface area contributed by atoms with Crippen molar-refractivity contribution in [2.45, 2.75) is 18.9 Å². The van der Waals surface area contributed by atoms with E-state index in [0.29, 0.717) is 16.6 Å². The summed E-state index contributed by atoms with van der Waals surface area (Å²) in [5, 5.41) is 12.0. The number of carbonyl (C=O) groups is 3. The molecule has 1 aliphatic heterocycles. The van der Waals surface area contributed by atoms with Crippen LogP contribution < -0.4 is 16.4 Å². The van der Waals surface area contributed by atoms with E-state index in [2.05, 4.69) is 20.8 Å². The average molecular weight is 287 g/mol. The average Bonchev–Trinajstić information content (AvgIpc) is 2.85. The van der Waals surface area contributed by atoms with Gasteiger partial charge in [-0.1, -0.05) is 0 Å². The number of aromatic nitrogens is 2. The predicted molar refractivity (Wildman–Crippen MR) is 74.1 cm³/mol. The third-order valence-electron chi connectivity index (χ3n) is 3.35. The van der Waals surface area contributed by atoms with Crippen LogP contribution in [-0.2, 0) is 9.59 Å². The summed E-state index contributed by atoms with van der Waals surface area (Å²) >= 11 is 0. The van der Waals surface area contributed by atoms with Gasteiger partial charge in [0.1, 0.15) is 6.04 Å². The Morgan fingerprint density at radius 1 is 1.38 bits per heavy atom. The smallest absolute Gasteiger partial charge is 0.273 e. The molecule has 0 bridgehead atoms. The van der Waals surface area contributed by atoms with E-state index < -0.39 is 17.9 Å². The first-order valence-electron chi connectivity index (χ1n) is 6.43. The van der Waals surface area contributed by atoms with Gasteiger partial charge >= 0.3 is 0 Å². The van der Waals surface area contributed by atoms with E-state index in [0.717, 1.165) is 0 Å². The Labute approximate surface area is 119 Å². The number of fused-ring (bicyclic) bond motifs is 1. The number of hydrogen-bond acceptors (Lipinski definition) is 5. The van der Waals surface area contributed by atoms with Crippen LogP contribution in [0.25, 0.3) is 10.9 Å². The largest absolute Gasteiger partial charge is 0.399 e. The highest BCUT2D eigenvalue weighted by molar-refractivity contribution is 6.08. The van der Waals surface area contributed by atoms with Crippen molar-refractivity contribution in [1.29, 1.82) is 0 Å². The molecule has 0 aliphatic carbocycles. The quantitative estimate of drug-likeness (QED) is 0.444. The molecule has 0 spiro atoms. The number of imide groups is 1. The van der Waals surface area contributed by atoms with Crippen LogP contribution in [0.15, 0.2) is 18.2 Å². The Balaban J connectivity index is 1.82. The summed E-state index contributed by atoms with van der Waals surface area (Å²) in [4.78, 5) is 34.9. The highest BCUT2D eigenvalue weighted by Gasteiger charge is 2.29. The lowest BCUT2D eigenvalue weighted by atomic mass is 10.1. The monoisotopic (exact) mass is 287 g/mol. The first-order chi connectivity index (χ1) is 10.0. The minimum absolute atomic E-state index is 0.169. The first kappa shape index (κ1) is 13.1. The highest BCUT2D eigenvalue weighted by Crippen LogP contribution is 2.19. The Kier molecular flexibility index (Phi) is 3.05. The van der Waals surface area contributed by atoms with Gasteiger partial charge in [-0.25, -0.2) is 0 Å². The standard InChI is InChI=1S/C13H13N5O3/c14-6-1-2-8-7(5-6)11(18-17-8)13(21)15-9-3-4-10(19)16-12(9)20/h1-2,5,9H,3-4,14H2,(H,15,21)(H,17,18)(H,16,19,20). The molecule has 1 aromatic heterocycles. The van der Waals surface area contributed by atoms with Gasteiger partial charge in [-0.05, 0) is 24.6 Å². The van der Waals surface area contributed by atoms with Gasteiger partial charge in [-0.15, -0.1) is 0 Å². The number of piperidine rings is 1. The Morgan fingerprint density at radius 3 is 2.95 bits per heavy atom. The molecule has 3 rings (SSSR count).